The number of rotatable bonds is 6. The summed E-state index contributed by atoms with van der Waals surface area (Å²) < 4.78 is 5.40. The average Bonchev–Trinajstić information content (AvgIpc) is 3.16. The molecule has 2 heterocycles. The predicted molar refractivity (Wildman–Crippen MR) is 125 cm³/mol. The number of aliphatic imine (C=N–C) groups is 1. The zero-order valence-corrected chi connectivity index (χ0v) is 19.3. The van der Waals surface area contributed by atoms with Crippen LogP contribution < -0.4 is 15.4 Å². The minimum Gasteiger partial charge on any atom is -0.496 e. The van der Waals surface area contributed by atoms with E-state index in [4.69, 9.17) is 4.74 Å². The Labute approximate surface area is 183 Å². The Hall–Kier alpha value is -1.32. The van der Waals surface area contributed by atoms with Crippen LogP contribution in [0.5, 0.6) is 5.75 Å². The molecule has 1 aromatic carbocycles. The van der Waals surface area contributed by atoms with Crippen LogP contribution in [-0.2, 0) is 19.5 Å². The zero-order chi connectivity index (χ0) is 18.4. The number of para-hydroxylation sites is 1. The van der Waals surface area contributed by atoms with Gasteiger partial charge in [0.2, 0.25) is 0 Å². The third-order valence-electron chi connectivity index (χ3n) is 4.89. The van der Waals surface area contributed by atoms with Gasteiger partial charge in [-0.2, -0.15) is 0 Å². The van der Waals surface area contributed by atoms with Crippen LogP contribution in [-0.4, -0.2) is 44.1 Å². The summed E-state index contributed by atoms with van der Waals surface area (Å²) in [5.74, 6) is 1.71. The summed E-state index contributed by atoms with van der Waals surface area (Å²) in [6.07, 6.45) is 1.16. The topological polar surface area (TPSA) is 48.9 Å². The van der Waals surface area contributed by atoms with Gasteiger partial charge in [0, 0.05) is 49.7 Å². The van der Waals surface area contributed by atoms with Gasteiger partial charge >= 0.3 is 0 Å². The quantitative estimate of drug-likeness (QED) is 0.362. The number of benzene rings is 1. The van der Waals surface area contributed by atoms with Crippen LogP contribution in [0.1, 0.15) is 22.9 Å². The standard InChI is InChI=1S/C20H28N4OS.HI/c1-15(24-10-8-19-17(14-24)9-11-26-19)12-22-20(21-2)23-13-16-6-4-5-7-18(16)25-3;/h4-7,9,11,15H,8,10,12-14H2,1-3H3,(H2,21,22,23);1H. The molecule has 148 valence electrons. The lowest BCUT2D eigenvalue weighted by molar-refractivity contribution is 0.192. The van der Waals surface area contributed by atoms with E-state index in [1.54, 1.807) is 19.0 Å². The van der Waals surface area contributed by atoms with E-state index in [0.29, 0.717) is 12.6 Å². The van der Waals surface area contributed by atoms with Crippen molar-refractivity contribution >= 4 is 41.3 Å². The third kappa shape index (κ3) is 5.83. The molecule has 2 aromatic rings. The lowest BCUT2D eigenvalue weighted by atomic mass is 10.1. The van der Waals surface area contributed by atoms with Crippen molar-refractivity contribution in [2.45, 2.75) is 32.5 Å². The SMILES string of the molecule is CN=C(NCc1ccccc1OC)NCC(C)N1CCc2sccc2C1.I. The Bertz CT molecular complexity index is 749. The Morgan fingerprint density at radius 2 is 2.11 bits per heavy atom. The van der Waals surface area contributed by atoms with Gasteiger partial charge in [-0.1, -0.05) is 18.2 Å². The fourth-order valence-electron chi connectivity index (χ4n) is 3.27. The molecule has 0 amide bonds. The van der Waals surface area contributed by atoms with Crippen LogP contribution in [0.15, 0.2) is 40.7 Å². The highest BCUT2D eigenvalue weighted by molar-refractivity contribution is 14.0. The summed E-state index contributed by atoms with van der Waals surface area (Å²) in [5.41, 5.74) is 2.61. The van der Waals surface area contributed by atoms with Crippen molar-refractivity contribution in [2.24, 2.45) is 4.99 Å². The molecular formula is C20H29IN4OS. The predicted octanol–water partition coefficient (Wildman–Crippen LogP) is 3.49. The molecule has 0 radical (unpaired) electrons. The second-order valence-corrected chi connectivity index (χ2v) is 7.56. The minimum absolute atomic E-state index is 0. The number of nitrogens with one attached hydrogen (secondary N) is 2. The number of nitrogens with zero attached hydrogens (tertiary/aromatic N) is 2. The van der Waals surface area contributed by atoms with Gasteiger partial charge in [0.05, 0.1) is 7.11 Å². The van der Waals surface area contributed by atoms with Crippen LogP contribution in [0.2, 0.25) is 0 Å². The smallest absolute Gasteiger partial charge is 0.191 e. The van der Waals surface area contributed by atoms with Gasteiger partial charge in [-0.15, -0.1) is 35.3 Å². The maximum absolute atomic E-state index is 5.40. The van der Waals surface area contributed by atoms with Crippen molar-refractivity contribution in [3.63, 3.8) is 0 Å². The van der Waals surface area contributed by atoms with Gasteiger partial charge < -0.3 is 15.4 Å². The Morgan fingerprint density at radius 3 is 2.89 bits per heavy atom. The molecule has 0 aliphatic carbocycles. The molecule has 0 bridgehead atoms. The van der Waals surface area contributed by atoms with Gasteiger partial charge in [-0.3, -0.25) is 9.89 Å². The third-order valence-corrected chi connectivity index (χ3v) is 5.91. The van der Waals surface area contributed by atoms with Crippen LogP contribution in [0.3, 0.4) is 0 Å². The van der Waals surface area contributed by atoms with E-state index in [-0.39, 0.29) is 24.0 Å². The van der Waals surface area contributed by atoms with Gasteiger partial charge in [0.15, 0.2) is 5.96 Å². The molecule has 1 aliphatic rings. The van der Waals surface area contributed by atoms with E-state index in [0.717, 1.165) is 43.3 Å². The molecule has 1 atom stereocenters. The van der Waals surface area contributed by atoms with E-state index in [9.17, 15) is 0 Å². The van der Waals surface area contributed by atoms with Crippen LogP contribution in [0.25, 0.3) is 0 Å². The highest BCUT2D eigenvalue weighted by Crippen LogP contribution is 2.25. The van der Waals surface area contributed by atoms with Crippen LogP contribution >= 0.6 is 35.3 Å². The lowest BCUT2D eigenvalue weighted by Gasteiger charge is -2.32. The maximum Gasteiger partial charge on any atom is 0.191 e. The second-order valence-electron chi connectivity index (χ2n) is 6.56. The molecule has 5 nitrogen and oxygen atoms in total. The molecule has 0 saturated heterocycles. The summed E-state index contributed by atoms with van der Waals surface area (Å²) in [6, 6.07) is 10.8. The summed E-state index contributed by atoms with van der Waals surface area (Å²) >= 11 is 1.89. The Morgan fingerprint density at radius 1 is 1.30 bits per heavy atom. The van der Waals surface area contributed by atoms with E-state index < -0.39 is 0 Å². The Kier molecular flexibility index (Phi) is 8.85. The molecule has 0 fully saturated rings. The number of halogens is 1. The van der Waals surface area contributed by atoms with Crippen molar-refractivity contribution in [3.05, 3.63) is 51.7 Å². The molecule has 3 rings (SSSR count). The first kappa shape index (κ1) is 22.0. The fourth-order valence-corrected chi connectivity index (χ4v) is 4.16. The highest BCUT2D eigenvalue weighted by Gasteiger charge is 2.21. The number of methoxy groups -OCH3 is 1. The maximum atomic E-state index is 5.40. The van der Waals surface area contributed by atoms with E-state index in [2.05, 4.69) is 45.0 Å². The molecule has 1 aliphatic heterocycles. The molecule has 2 N–H and O–H groups in total. The number of thiophene rings is 1. The average molecular weight is 500 g/mol. The highest BCUT2D eigenvalue weighted by atomic mass is 127. The van der Waals surface area contributed by atoms with Crippen molar-refractivity contribution in [1.82, 2.24) is 15.5 Å². The van der Waals surface area contributed by atoms with E-state index in [1.165, 1.54) is 5.56 Å². The molecule has 7 heteroatoms. The summed E-state index contributed by atoms with van der Waals surface area (Å²) in [6.45, 7) is 6.00. The van der Waals surface area contributed by atoms with E-state index in [1.807, 2.05) is 29.5 Å². The lowest BCUT2D eigenvalue weighted by Crippen LogP contribution is -2.47. The Balaban J connectivity index is 0.00000261. The molecule has 1 aromatic heterocycles. The zero-order valence-electron chi connectivity index (χ0n) is 16.2. The second kappa shape index (κ2) is 10.9. The van der Waals surface area contributed by atoms with Gasteiger partial charge in [-0.05, 0) is 36.4 Å². The normalized spacial score (nSPS) is 15.4. The first-order valence-electron chi connectivity index (χ1n) is 9.07. The van der Waals surface area contributed by atoms with E-state index >= 15 is 0 Å². The molecule has 1 unspecified atom stereocenters. The number of fused-ring (bicyclic) bond motifs is 1. The number of hydrogen-bond donors (Lipinski definition) is 2. The first-order chi connectivity index (χ1) is 12.7. The van der Waals surface area contributed by atoms with Gasteiger partial charge in [0.25, 0.3) is 0 Å². The minimum atomic E-state index is 0. The summed E-state index contributed by atoms with van der Waals surface area (Å²) in [7, 11) is 3.51. The largest absolute Gasteiger partial charge is 0.496 e. The van der Waals surface area contributed by atoms with Crippen molar-refractivity contribution < 1.29 is 4.74 Å². The van der Waals surface area contributed by atoms with Gasteiger partial charge in [0.1, 0.15) is 5.75 Å². The first-order valence-corrected chi connectivity index (χ1v) is 9.95. The molecule has 27 heavy (non-hydrogen) atoms. The molecular weight excluding hydrogens is 471 g/mol. The fraction of sp³-hybridized carbons (Fsp3) is 0.450. The molecule has 0 spiro atoms. The monoisotopic (exact) mass is 500 g/mol. The summed E-state index contributed by atoms with van der Waals surface area (Å²) in [4.78, 5) is 8.43. The van der Waals surface area contributed by atoms with Crippen LogP contribution in [0.4, 0.5) is 0 Å². The van der Waals surface area contributed by atoms with Crippen LogP contribution in [0, 0.1) is 0 Å². The van der Waals surface area contributed by atoms with Crippen molar-refractivity contribution in [1.29, 1.82) is 0 Å². The molecule has 0 saturated carbocycles. The van der Waals surface area contributed by atoms with Crippen molar-refractivity contribution in [2.75, 3.05) is 27.2 Å². The number of guanidine groups is 1. The van der Waals surface area contributed by atoms with Crippen molar-refractivity contribution in [3.8, 4) is 5.75 Å². The number of hydrogen-bond acceptors (Lipinski definition) is 4. The summed E-state index contributed by atoms with van der Waals surface area (Å²) in [5, 5.41) is 9.03. The van der Waals surface area contributed by atoms with Gasteiger partial charge in [-0.25, -0.2) is 0 Å². The number of ether oxygens (including phenoxy) is 1.